The first-order valence-corrected chi connectivity index (χ1v) is 5.53. The number of benzene rings is 1. The molecule has 0 amide bonds. The maximum atomic E-state index is 11.7. The zero-order valence-corrected chi connectivity index (χ0v) is 10.0. The van der Waals surface area contributed by atoms with Crippen molar-refractivity contribution in [1.82, 2.24) is 0 Å². The predicted molar refractivity (Wildman–Crippen MR) is 64.6 cm³/mol. The van der Waals surface area contributed by atoms with E-state index < -0.39 is 6.04 Å². The highest BCUT2D eigenvalue weighted by molar-refractivity contribution is 6.30. The van der Waals surface area contributed by atoms with E-state index in [-0.39, 0.29) is 5.78 Å². The van der Waals surface area contributed by atoms with Crippen LogP contribution in [0.15, 0.2) is 24.3 Å². The van der Waals surface area contributed by atoms with E-state index in [1.165, 1.54) is 0 Å². The molecule has 2 N–H and O–H groups in total. The molecule has 88 valence electrons. The number of hydrogen-bond donors (Lipinski definition) is 1. The third-order valence-corrected chi connectivity index (χ3v) is 2.55. The molecule has 0 aromatic heterocycles. The van der Waals surface area contributed by atoms with Gasteiger partial charge in [-0.25, -0.2) is 0 Å². The Morgan fingerprint density at radius 3 is 2.94 bits per heavy atom. The van der Waals surface area contributed by atoms with Crippen molar-refractivity contribution in [3.8, 4) is 0 Å². The zero-order valence-electron chi connectivity index (χ0n) is 9.28. The molecule has 3 nitrogen and oxygen atoms in total. The van der Waals surface area contributed by atoms with E-state index in [9.17, 15) is 4.79 Å². The van der Waals surface area contributed by atoms with Gasteiger partial charge >= 0.3 is 0 Å². The molecule has 0 saturated heterocycles. The highest BCUT2D eigenvalue weighted by Crippen LogP contribution is 2.12. The molecule has 0 saturated carbocycles. The van der Waals surface area contributed by atoms with E-state index >= 15 is 0 Å². The average molecular weight is 242 g/mol. The number of carbonyl (C=O) groups excluding carboxylic acids is 1. The SMILES string of the molecule is COCCC(N)C(=O)Cc1cccc(Cl)c1. The van der Waals surface area contributed by atoms with Crippen molar-refractivity contribution in [3.05, 3.63) is 34.9 Å². The molecule has 0 heterocycles. The van der Waals surface area contributed by atoms with Crippen molar-refractivity contribution in [3.63, 3.8) is 0 Å². The van der Waals surface area contributed by atoms with Crippen LogP contribution in [0.25, 0.3) is 0 Å². The molecule has 0 aliphatic rings. The van der Waals surface area contributed by atoms with Gasteiger partial charge in [-0.1, -0.05) is 23.7 Å². The molecule has 0 aliphatic carbocycles. The van der Waals surface area contributed by atoms with E-state index in [4.69, 9.17) is 22.1 Å². The summed E-state index contributed by atoms with van der Waals surface area (Å²) in [5, 5.41) is 0.635. The molecule has 1 rings (SSSR count). The summed E-state index contributed by atoms with van der Waals surface area (Å²) in [6.45, 7) is 0.502. The van der Waals surface area contributed by atoms with Gasteiger partial charge in [-0.3, -0.25) is 4.79 Å². The molecule has 0 fully saturated rings. The molecule has 1 atom stereocenters. The van der Waals surface area contributed by atoms with Crippen molar-refractivity contribution < 1.29 is 9.53 Å². The number of rotatable bonds is 6. The van der Waals surface area contributed by atoms with Crippen LogP contribution < -0.4 is 5.73 Å². The van der Waals surface area contributed by atoms with Gasteiger partial charge in [0.1, 0.15) is 0 Å². The van der Waals surface area contributed by atoms with Crippen LogP contribution in [0.5, 0.6) is 0 Å². The van der Waals surface area contributed by atoms with Crippen molar-refractivity contribution in [2.24, 2.45) is 5.73 Å². The first-order valence-electron chi connectivity index (χ1n) is 5.15. The first-order chi connectivity index (χ1) is 7.63. The average Bonchev–Trinajstić information content (AvgIpc) is 2.25. The molecular formula is C12H16ClNO2. The van der Waals surface area contributed by atoms with Gasteiger partial charge in [0.25, 0.3) is 0 Å². The molecule has 0 aliphatic heterocycles. The van der Waals surface area contributed by atoms with Gasteiger partial charge in [-0.2, -0.15) is 0 Å². The molecule has 1 aromatic rings. The number of methoxy groups -OCH3 is 1. The van der Waals surface area contributed by atoms with Gasteiger partial charge in [0.2, 0.25) is 0 Å². The van der Waals surface area contributed by atoms with Gasteiger partial charge in [0.05, 0.1) is 6.04 Å². The lowest BCUT2D eigenvalue weighted by molar-refractivity contribution is -0.120. The molecule has 0 spiro atoms. The minimum Gasteiger partial charge on any atom is -0.385 e. The maximum Gasteiger partial charge on any atom is 0.153 e. The van der Waals surface area contributed by atoms with Crippen molar-refractivity contribution in [2.75, 3.05) is 13.7 Å². The lowest BCUT2D eigenvalue weighted by Crippen LogP contribution is -2.32. The van der Waals surface area contributed by atoms with Crippen LogP contribution >= 0.6 is 11.6 Å². The van der Waals surface area contributed by atoms with Gasteiger partial charge in [0.15, 0.2) is 5.78 Å². The largest absolute Gasteiger partial charge is 0.385 e. The van der Waals surface area contributed by atoms with E-state index in [1.807, 2.05) is 12.1 Å². The van der Waals surface area contributed by atoms with Crippen LogP contribution in [0.1, 0.15) is 12.0 Å². The fourth-order valence-electron chi connectivity index (χ4n) is 1.39. The lowest BCUT2D eigenvalue weighted by atomic mass is 10.0. The summed E-state index contributed by atoms with van der Waals surface area (Å²) < 4.78 is 4.88. The quantitative estimate of drug-likeness (QED) is 0.827. The number of nitrogens with two attached hydrogens (primary N) is 1. The van der Waals surface area contributed by atoms with Gasteiger partial charge in [-0.15, -0.1) is 0 Å². The van der Waals surface area contributed by atoms with Gasteiger partial charge < -0.3 is 10.5 Å². The third kappa shape index (κ3) is 4.31. The van der Waals surface area contributed by atoms with E-state index in [0.29, 0.717) is 24.5 Å². The van der Waals surface area contributed by atoms with Crippen LogP contribution in [0, 0.1) is 0 Å². The Kier molecular flexibility index (Phi) is 5.46. The Bertz CT molecular complexity index is 355. The molecule has 4 heteroatoms. The van der Waals surface area contributed by atoms with E-state index in [1.54, 1.807) is 19.2 Å². The van der Waals surface area contributed by atoms with Crippen LogP contribution in [-0.4, -0.2) is 25.5 Å². The maximum absolute atomic E-state index is 11.7. The number of ketones is 1. The molecule has 1 aromatic carbocycles. The topological polar surface area (TPSA) is 52.3 Å². The summed E-state index contributed by atoms with van der Waals surface area (Å²) in [5.74, 6) is 0.0133. The summed E-state index contributed by atoms with van der Waals surface area (Å²) in [4.78, 5) is 11.7. The normalized spacial score (nSPS) is 12.4. The van der Waals surface area contributed by atoms with Crippen LogP contribution in [0.3, 0.4) is 0 Å². The standard InChI is InChI=1S/C12H16ClNO2/c1-16-6-5-11(14)12(15)8-9-3-2-4-10(13)7-9/h2-4,7,11H,5-6,8,14H2,1H3. The fraction of sp³-hybridized carbons (Fsp3) is 0.417. The monoisotopic (exact) mass is 241 g/mol. The first kappa shape index (κ1) is 13.2. The molecule has 16 heavy (non-hydrogen) atoms. The van der Waals surface area contributed by atoms with Gasteiger partial charge in [0, 0.05) is 25.2 Å². The van der Waals surface area contributed by atoms with Crippen LogP contribution in [0.2, 0.25) is 5.02 Å². The van der Waals surface area contributed by atoms with Crippen molar-refractivity contribution in [1.29, 1.82) is 0 Å². The Morgan fingerprint density at radius 1 is 1.56 bits per heavy atom. The summed E-state index contributed by atoms with van der Waals surface area (Å²) in [7, 11) is 1.59. The Labute approximate surface area is 101 Å². The van der Waals surface area contributed by atoms with Crippen LogP contribution in [0.4, 0.5) is 0 Å². The Hall–Kier alpha value is -0.900. The number of ether oxygens (including phenoxy) is 1. The van der Waals surface area contributed by atoms with Crippen LogP contribution in [-0.2, 0) is 16.0 Å². The minimum absolute atomic E-state index is 0.0133. The molecule has 0 bridgehead atoms. The predicted octanol–water partition coefficient (Wildman–Crippen LogP) is 1.82. The number of carbonyl (C=O) groups is 1. The zero-order chi connectivity index (χ0) is 12.0. The molecule has 1 unspecified atom stereocenters. The van der Waals surface area contributed by atoms with E-state index in [2.05, 4.69) is 0 Å². The van der Waals surface area contributed by atoms with E-state index in [0.717, 1.165) is 5.56 Å². The second-order valence-corrected chi connectivity index (χ2v) is 4.10. The second-order valence-electron chi connectivity index (χ2n) is 3.66. The third-order valence-electron chi connectivity index (χ3n) is 2.31. The Morgan fingerprint density at radius 2 is 2.31 bits per heavy atom. The van der Waals surface area contributed by atoms with Gasteiger partial charge in [-0.05, 0) is 24.1 Å². The highest BCUT2D eigenvalue weighted by atomic mass is 35.5. The second kappa shape index (κ2) is 6.63. The summed E-state index contributed by atoms with van der Waals surface area (Å²) >= 11 is 5.83. The van der Waals surface area contributed by atoms with Crippen molar-refractivity contribution >= 4 is 17.4 Å². The summed E-state index contributed by atoms with van der Waals surface area (Å²) in [5.41, 5.74) is 6.62. The smallest absolute Gasteiger partial charge is 0.153 e. The minimum atomic E-state index is -0.459. The van der Waals surface area contributed by atoms with Crippen molar-refractivity contribution in [2.45, 2.75) is 18.9 Å². The highest BCUT2D eigenvalue weighted by Gasteiger charge is 2.13. The summed E-state index contributed by atoms with van der Waals surface area (Å²) in [6.07, 6.45) is 0.876. The molecular weight excluding hydrogens is 226 g/mol. The summed E-state index contributed by atoms with van der Waals surface area (Å²) in [6, 6.07) is 6.79. The fourth-order valence-corrected chi connectivity index (χ4v) is 1.60. The Balaban J connectivity index is 2.50. The lowest BCUT2D eigenvalue weighted by Gasteiger charge is -2.09. The number of Topliss-reactive ketones (excluding diaryl/α,β-unsaturated/α-hetero) is 1. The number of halogens is 1. The number of hydrogen-bond acceptors (Lipinski definition) is 3. The molecule has 0 radical (unpaired) electrons.